The lowest BCUT2D eigenvalue weighted by molar-refractivity contribution is -0.359. The summed E-state index contributed by atoms with van der Waals surface area (Å²) in [5.74, 6) is -0.196. The quantitative estimate of drug-likeness (QED) is 0.0204. The zero-order valence-electron chi connectivity index (χ0n) is 68.2. The number of rotatable bonds is 78. The lowest BCUT2D eigenvalue weighted by Gasteiger charge is -2.46. The van der Waals surface area contributed by atoms with Gasteiger partial charge in [-0.1, -0.05) is 422 Å². The maximum absolute atomic E-state index is 13.4. The van der Waals surface area contributed by atoms with Crippen LogP contribution in [0, 0.1) is 0 Å². The Balaban J connectivity index is 1.53. The molecule has 0 aromatic rings. The fourth-order valence-electron chi connectivity index (χ4n) is 15.2. The molecule has 2 rings (SSSR count). The molecule has 0 aromatic carbocycles. The summed E-state index contributed by atoms with van der Waals surface area (Å²) in [5, 5.41) is 88.1. The van der Waals surface area contributed by atoms with E-state index in [0.29, 0.717) is 12.8 Å². The first-order valence-corrected chi connectivity index (χ1v) is 45.4. The van der Waals surface area contributed by atoms with Crippen molar-refractivity contribution in [3.8, 4) is 0 Å². The highest BCUT2D eigenvalue weighted by Gasteiger charge is 2.51. The number of allylic oxidation sites excluding steroid dienone is 8. The molecule has 14 heteroatoms. The maximum atomic E-state index is 13.4. The molecule has 0 aliphatic carbocycles. The standard InChI is InChI=1S/C91H171NO13/c1-3-5-7-9-11-13-15-17-19-21-23-25-27-29-31-33-35-36-37-38-39-40-41-42-43-44-45-47-49-51-53-55-57-59-61-63-65-67-69-71-73-75-83(96)92-79(78-102-90-88(101)86(99)89(82(77-94)104-90)105-91-87(100)85(98)84(97)81(76-93)103-91)80(95)74-72-70-68-66-64-62-60-58-56-54-52-50-48-46-34-32-30-28-26-24-22-20-18-16-14-12-10-8-6-4-2/h5,7,11,13,17,19,23,25,79-82,84-91,93-95,97-101H,3-4,6,8-10,12,14-16,18,20-22,24,26-78H2,1-2H3,(H,92,96)/b7-5-,13-11-,19-17-,25-23-. The van der Waals surface area contributed by atoms with Gasteiger partial charge in [-0.25, -0.2) is 0 Å². The molecule has 12 atom stereocenters. The van der Waals surface area contributed by atoms with Gasteiger partial charge in [-0.05, 0) is 51.4 Å². The predicted octanol–water partition coefficient (Wildman–Crippen LogP) is 22.1. The van der Waals surface area contributed by atoms with Crippen LogP contribution in [0.25, 0.3) is 0 Å². The SMILES string of the molecule is CC/C=C\C/C=C\C/C=C\C/C=C\CCCCCCCCCCCCCCCCCCCCCCCCCCCCCCC(=O)NC(COC1OC(CO)C(OC2OC(CO)C(O)C(O)C2O)C(O)C1O)C(O)CCCCCCCCCCCCCCCCCCCCCCCCCCCCCCCC. The van der Waals surface area contributed by atoms with Gasteiger partial charge in [0.25, 0.3) is 0 Å². The van der Waals surface area contributed by atoms with Gasteiger partial charge in [-0.2, -0.15) is 0 Å². The number of nitrogens with one attached hydrogen (secondary N) is 1. The molecule has 0 bridgehead atoms. The summed E-state index contributed by atoms with van der Waals surface area (Å²) in [6.45, 7) is 2.83. The van der Waals surface area contributed by atoms with Crippen LogP contribution in [-0.2, 0) is 23.7 Å². The van der Waals surface area contributed by atoms with Crippen LogP contribution in [0.1, 0.15) is 431 Å². The summed E-state index contributed by atoms with van der Waals surface area (Å²) in [4.78, 5) is 13.4. The molecule has 105 heavy (non-hydrogen) atoms. The van der Waals surface area contributed by atoms with Gasteiger partial charge in [0.1, 0.15) is 48.8 Å². The van der Waals surface area contributed by atoms with Gasteiger partial charge in [0.15, 0.2) is 12.6 Å². The zero-order chi connectivity index (χ0) is 75.8. The van der Waals surface area contributed by atoms with Gasteiger partial charge < -0.3 is 65.1 Å². The molecule has 2 saturated heterocycles. The molecule has 2 aliphatic rings. The van der Waals surface area contributed by atoms with E-state index in [1.54, 1.807) is 0 Å². The molecule has 0 saturated carbocycles. The Morgan fingerprint density at radius 1 is 0.352 bits per heavy atom. The summed E-state index contributed by atoms with van der Waals surface area (Å²) < 4.78 is 23.0. The third-order valence-corrected chi connectivity index (χ3v) is 22.3. The molecule has 2 fully saturated rings. The number of hydrogen-bond donors (Lipinski definition) is 9. The van der Waals surface area contributed by atoms with Gasteiger partial charge in [-0.3, -0.25) is 4.79 Å². The van der Waals surface area contributed by atoms with E-state index in [2.05, 4.69) is 67.8 Å². The largest absolute Gasteiger partial charge is 0.394 e. The van der Waals surface area contributed by atoms with Crippen LogP contribution < -0.4 is 5.32 Å². The van der Waals surface area contributed by atoms with Gasteiger partial charge in [0.05, 0.1) is 32.0 Å². The number of unbranched alkanes of at least 4 members (excludes halogenated alkanes) is 57. The highest BCUT2D eigenvalue weighted by Crippen LogP contribution is 2.31. The van der Waals surface area contributed by atoms with E-state index in [1.807, 2.05) is 0 Å². The summed E-state index contributed by atoms with van der Waals surface area (Å²) in [6, 6.07) is -0.829. The number of hydrogen-bond acceptors (Lipinski definition) is 13. The van der Waals surface area contributed by atoms with Crippen LogP contribution in [-0.4, -0.2) is 140 Å². The summed E-state index contributed by atoms with van der Waals surface area (Å²) in [5.41, 5.74) is 0. The Morgan fingerprint density at radius 3 is 1.01 bits per heavy atom. The number of amides is 1. The molecule has 618 valence electrons. The molecule has 0 aromatic heterocycles. The Bertz CT molecular complexity index is 1950. The minimum Gasteiger partial charge on any atom is -0.394 e. The summed E-state index contributed by atoms with van der Waals surface area (Å²) in [7, 11) is 0. The van der Waals surface area contributed by atoms with E-state index < -0.39 is 86.8 Å². The van der Waals surface area contributed by atoms with Crippen LogP contribution in [0.3, 0.4) is 0 Å². The highest BCUT2D eigenvalue weighted by molar-refractivity contribution is 5.76. The first-order chi connectivity index (χ1) is 51.6. The second-order valence-electron chi connectivity index (χ2n) is 32.1. The number of carbonyl (C=O) groups is 1. The van der Waals surface area contributed by atoms with E-state index in [4.69, 9.17) is 18.9 Å². The number of ether oxygens (including phenoxy) is 4. The minimum atomic E-state index is -1.78. The van der Waals surface area contributed by atoms with Crippen molar-refractivity contribution in [3.63, 3.8) is 0 Å². The molecule has 2 heterocycles. The van der Waals surface area contributed by atoms with Gasteiger partial charge in [-0.15, -0.1) is 0 Å². The fourth-order valence-corrected chi connectivity index (χ4v) is 15.2. The number of carbonyl (C=O) groups excluding carboxylic acids is 1. The molecule has 12 unspecified atom stereocenters. The Morgan fingerprint density at radius 2 is 0.657 bits per heavy atom. The van der Waals surface area contributed by atoms with Crippen LogP contribution >= 0.6 is 0 Å². The van der Waals surface area contributed by atoms with Crippen LogP contribution in [0.15, 0.2) is 48.6 Å². The van der Waals surface area contributed by atoms with Crippen molar-refractivity contribution in [1.29, 1.82) is 0 Å². The molecular weight excluding hydrogens is 1310 g/mol. The van der Waals surface area contributed by atoms with Gasteiger partial charge >= 0.3 is 0 Å². The molecule has 0 radical (unpaired) electrons. The normalized spacial score (nSPS) is 21.5. The van der Waals surface area contributed by atoms with Crippen molar-refractivity contribution in [2.45, 2.75) is 505 Å². The molecule has 0 spiro atoms. The molecule has 1 amide bonds. The second-order valence-corrected chi connectivity index (χ2v) is 32.1. The monoisotopic (exact) mass is 1490 g/mol. The lowest BCUT2D eigenvalue weighted by atomic mass is 9.97. The van der Waals surface area contributed by atoms with Crippen molar-refractivity contribution in [3.05, 3.63) is 48.6 Å². The zero-order valence-corrected chi connectivity index (χ0v) is 68.2. The number of aliphatic hydroxyl groups excluding tert-OH is 8. The summed E-state index contributed by atoms with van der Waals surface area (Å²) in [6.07, 6.45) is 84.8. The predicted molar refractivity (Wildman–Crippen MR) is 438 cm³/mol. The average molecular weight is 1490 g/mol. The van der Waals surface area contributed by atoms with E-state index in [-0.39, 0.29) is 12.5 Å². The van der Waals surface area contributed by atoms with E-state index in [0.717, 1.165) is 77.0 Å². The highest BCUT2D eigenvalue weighted by atomic mass is 16.7. The van der Waals surface area contributed by atoms with E-state index >= 15 is 0 Å². The van der Waals surface area contributed by atoms with Gasteiger partial charge in [0.2, 0.25) is 5.91 Å². The molecule has 9 N–H and O–H groups in total. The smallest absolute Gasteiger partial charge is 0.220 e. The van der Waals surface area contributed by atoms with Crippen molar-refractivity contribution < 1.29 is 64.6 Å². The first-order valence-electron chi connectivity index (χ1n) is 45.4. The second kappa shape index (κ2) is 74.7. The van der Waals surface area contributed by atoms with Crippen molar-refractivity contribution in [2.24, 2.45) is 0 Å². The van der Waals surface area contributed by atoms with E-state index in [1.165, 1.54) is 327 Å². The molecule has 14 nitrogen and oxygen atoms in total. The topological polar surface area (TPSA) is 228 Å². The van der Waals surface area contributed by atoms with Crippen LogP contribution in [0.5, 0.6) is 0 Å². The third-order valence-electron chi connectivity index (χ3n) is 22.3. The van der Waals surface area contributed by atoms with Crippen molar-refractivity contribution >= 4 is 5.91 Å². The Labute approximate surface area is 645 Å². The molecular formula is C91H171NO13. The Hall–Kier alpha value is -2.05. The van der Waals surface area contributed by atoms with Gasteiger partial charge in [0, 0.05) is 6.42 Å². The average Bonchev–Trinajstić information content (AvgIpc) is 0.769. The van der Waals surface area contributed by atoms with E-state index in [9.17, 15) is 45.6 Å². The fraction of sp³-hybridized carbons (Fsp3) is 0.901. The van der Waals surface area contributed by atoms with Crippen LogP contribution in [0.2, 0.25) is 0 Å². The van der Waals surface area contributed by atoms with Crippen molar-refractivity contribution in [2.75, 3.05) is 19.8 Å². The van der Waals surface area contributed by atoms with Crippen LogP contribution in [0.4, 0.5) is 0 Å². The third kappa shape index (κ3) is 56.8. The minimum absolute atomic E-state index is 0.196. The first kappa shape index (κ1) is 99.0. The maximum Gasteiger partial charge on any atom is 0.220 e. The lowest BCUT2D eigenvalue weighted by Crippen LogP contribution is -2.65. The summed E-state index contributed by atoms with van der Waals surface area (Å²) >= 11 is 0. The number of aliphatic hydroxyl groups is 8. The van der Waals surface area contributed by atoms with Crippen molar-refractivity contribution in [1.82, 2.24) is 5.32 Å². The molecule has 2 aliphatic heterocycles. The Kier molecular flexibility index (Phi) is 70.4.